The molecule has 3 N–H and O–H groups in total. The second-order valence-electron chi connectivity index (χ2n) is 4.53. The van der Waals surface area contributed by atoms with Crippen LogP contribution in [0.5, 0.6) is 0 Å². The molecule has 3 nitrogen and oxygen atoms in total. The minimum Gasteiger partial charge on any atom is -0.389 e. The number of anilines is 1. The van der Waals surface area contributed by atoms with Gasteiger partial charge in [0, 0.05) is 43.2 Å². The first kappa shape index (κ1) is 15.5. The van der Waals surface area contributed by atoms with Crippen LogP contribution in [-0.2, 0) is 0 Å². The van der Waals surface area contributed by atoms with E-state index in [-0.39, 0.29) is 16.2 Å². The van der Waals surface area contributed by atoms with Crippen LogP contribution in [0.3, 0.4) is 0 Å². The summed E-state index contributed by atoms with van der Waals surface area (Å²) in [6.45, 7) is 3.49. The molecule has 20 heavy (non-hydrogen) atoms. The van der Waals surface area contributed by atoms with Crippen LogP contribution in [0.4, 0.5) is 14.5 Å². The Morgan fingerprint density at radius 3 is 2.65 bits per heavy atom. The van der Waals surface area contributed by atoms with Gasteiger partial charge in [-0.15, -0.1) is 0 Å². The Bertz CT molecular complexity index is 491. The molecule has 1 aromatic carbocycles. The smallest absolute Gasteiger partial charge is 0.182 e. The fraction of sp³-hybridized carbons (Fsp3) is 0.462. The molecule has 2 rings (SSSR count). The predicted octanol–water partition coefficient (Wildman–Crippen LogP) is 2.06. The van der Waals surface area contributed by atoms with E-state index >= 15 is 0 Å². The van der Waals surface area contributed by atoms with Crippen LogP contribution in [0.1, 0.15) is 5.56 Å². The van der Waals surface area contributed by atoms with Crippen LogP contribution in [0.25, 0.3) is 0 Å². The molecule has 1 heterocycles. The van der Waals surface area contributed by atoms with Crippen molar-refractivity contribution in [3.8, 4) is 0 Å². The average molecular weight is 317 g/mol. The number of hydrogen-bond donors (Lipinski definition) is 2. The van der Waals surface area contributed by atoms with Gasteiger partial charge in [-0.2, -0.15) is 11.8 Å². The molecule has 0 amide bonds. The monoisotopic (exact) mass is 317 g/mol. The van der Waals surface area contributed by atoms with Gasteiger partial charge in [-0.25, -0.2) is 8.78 Å². The van der Waals surface area contributed by atoms with E-state index in [0.717, 1.165) is 31.1 Å². The molecule has 1 fully saturated rings. The molecule has 1 aliphatic rings. The molecule has 0 atom stereocenters. The number of benzene rings is 1. The van der Waals surface area contributed by atoms with Crippen molar-refractivity contribution in [2.75, 3.05) is 43.0 Å². The van der Waals surface area contributed by atoms with Gasteiger partial charge in [0.15, 0.2) is 11.6 Å². The molecule has 0 saturated carbocycles. The van der Waals surface area contributed by atoms with Gasteiger partial charge in [0.2, 0.25) is 0 Å². The summed E-state index contributed by atoms with van der Waals surface area (Å²) in [5, 5.41) is 2.92. The lowest BCUT2D eigenvalue weighted by Gasteiger charge is -2.26. The number of nitrogens with zero attached hydrogens (tertiary/aromatic N) is 1. The lowest BCUT2D eigenvalue weighted by atomic mass is 10.2. The molecule has 7 heteroatoms. The maximum absolute atomic E-state index is 13.8. The third kappa shape index (κ3) is 3.80. The lowest BCUT2D eigenvalue weighted by molar-refractivity contribution is 0.314. The average Bonchev–Trinajstić information content (AvgIpc) is 2.44. The van der Waals surface area contributed by atoms with E-state index in [1.165, 1.54) is 12.1 Å². The zero-order valence-electron chi connectivity index (χ0n) is 11.0. The first-order valence-corrected chi connectivity index (χ1v) is 7.97. The molecular weight excluding hydrogens is 300 g/mol. The quantitative estimate of drug-likeness (QED) is 0.814. The van der Waals surface area contributed by atoms with E-state index < -0.39 is 11.6 Å². The summed E-state index contributed by atoms with van der Waals surface area (Å²) in [5.74, 6) is 0.346. The van der Waals surface area contributed by atoms with Crippen molar-refractivity contribution in [1.29, 1.82) is 0 Å². The first-order chi connectivity index (χ1) is 9.59. The van der Waals surface area contributed by atoms with Crippen molar-refractivity contribution in [2.24, 2.45) is 5.73 Å². The second kappa shape index (κ2) is 7.19. The summed E-state index contributed by atoms with van der Waals surface area (Å²) in [7, 11) is 0. The molecule has 0 spiro atoms. The topological polar surface area (TPSA) is 41.3 Å². The molecule has 0 aromatic heterocycles. The Kier molecular flexibility index (Phi) is 5.56. The van der Waals surface area contributed by atoms with Crippen LogP contribution in [0.2, 0.25) is 0 Å². The highest BCUT2D eigenvalue weighted by Crippen LogP contribution is 2.20. The van der Waals surface area contributed by atoms with Crippen molar-refractivity contribution in [3.63, 3.8) is 0 Å². The van der Waals surface area contributed by atoms with Crippen molar-refractivity contribution in [2.45, 2.75) is 0 Å². The highest BCUT2D eigenvalue weighted by molar-refractivity contribution is 7.99. The second-order valence-corrected chi connectivity index (χ2v) is 6.20. The minimum absolute atomic E-state index is 0.0592. The maximum Gasteiger partial charge on any atom is 0.182 e. The van der Waals surface area contributed by atoms with Gasteiger partial charge in [0.05, 0.1) is 5.69 Å². The summed E-state index contributed by atoms with van der Waals surface area (Å²) in [6.07, 6.45) is 0. The Morgan fingerprint density at radius 1 is 1.30 bits per heavy atom. The molecular formula is C13H17F2N3S2. The van der Waals surface area contributed by atoms with Crippen LogP contribution in [0.15, 0.2) is 12.1 Å². The number of thiocarbonyl (C=S) groups is 1. The van der Waals surface area contributed by atoms with Gasteiger partial charge in [0.25, 0.3) is 0 Å². The van der Waals surface area contributed by atoms with Gasteiger partial charge < -0.3 is 11.1 Å². The SMILES string of the molecule is NC(=S)c1ccc(NCCN2CCSCC2)c(F)c1F. The highest BCUT2D eigenvalue weighted by Gasteiger charge is 2.15. The standard InChI is InChI=1S/C13H17F2N3S2/c14-11-9(13(16)19)1-2-10(12(11)15)17-3-4-18-5-7-20-8-6-18/h1-2,17H,3-8H2,(H2,16,19). The largest absolute Gasteiger partial charge is 0.389 e. The van der Waals surface area contributed by atoms with E-state index in [9.17, 15) is 8.78 Å². The molecule has 0 unspecified atom stereocenters. The van der Waals surface area contributed by atoms with Gasteiger partial charge in [0.1, 0.15) is 4.99 Å². The zero-order chi connectivity index (χ0) is 14.5. The van der Waals surface area contributed by atoms with Crippen molar-refractivity contribution < 1.29 is 8.78 Å². The lowest BCUT2D eigenvalue weighted by Crippen LogP contribution is -2.36. The number of nitrogens with one attached hydrogen (secondary N) is 1. The van der Waals surface area contributed by atoms with E-state index in [1.807, 2.05) is 11.8 Å². The summed E-state index contributed by atoms with van der Waals surface area (Å²) >= 11 is 6.61. The Labute approximate surface area is 126 Å². The summed E-state index contributed by atoms with van der Waals surface area (Å²) in [4.78, 5) is 2.17. The first-order valence-electron chi connectivity index (χ1n) is 6.41. The van der Waals surface area contributed by atoms with Crippen molar-refractivity contribution >= 4 is 34.7 Å². The van der Waals surface area contributed by atoms with E-state index in [1.54, 1.807) is 0 Å². The van der Waals surface area contributed by atoms with Crippen LogP contribution in [-0.4, -0.2) is 47.6 Å². The number of hydrogen-bond acceptors (Lipinski definition) is 4. The van der Waals surface area contributed by atoms with Crippen molar-refractivity contribution in [3.05, 3.63) is 29.3 Å². The fourth-order valence-electron chi connectivity index (χ4n) is 2.05. The normalized spacial score (nSPS) is 16.1. The van der Waals surface area contributed by atoms with Gasteiger partial charge in [-0.1, -0.05) is 12.2 Å². The molecule has 0 radical (unpaired) electrons. The molecule has 1 saturated heterocycles. The van der Waals surface area contributed by atoms with Crippen LogP contribution < -0.4 is 11.1 Å². The Hall–Kier alpha value is -0.920. The summed E-state index contributed by atoms with van der Waals surface area (Å²) < 4.78 is 27.5. The van der Waals surface area contributed by atoms with E-state index in [4.69, 9.17) is 5.73 Å². The Morgan fingerprint density at radius 2 is 2.00 bits per heavy atom. The van der Waals surface area contributed by atoms with E-state index in [2.05, 4.69) is 22.4 Å². The minimum atomic E-state index is -0.989. The van der Waals surface area contributed by atoms with Gasteiger partial charge in [-0.3, -0.25) is 4.90 Å². The molecule has 110 valence electrons. The van der Waals surface area contributed by atoms with Crippen LogP contribution >= 0.6 is 24.0 Å². The zero-order valence-corrected chi connectivity index (χ0v) is 12.6. The van der Waals surface area contributed by atoms with Gasteiger partial charge in [-0.05, 0) is 12.1 Å². The third-order valence-corrected chi connectivity index (χ3v) is 4.36. The van der Waals surface area contributed by atoms with Crippen LogP contribution in [0, 0.1) is 11.6 Å². The maximum atomic E-state index is 13.8. The Balaban J connectivity index is 1.92. The molecule has 1 aromatic rings. The summed E-state index contributed by atoms with van der Waals surface area (Å²) in [6, 6.07) is 2.87. The predicted molar refractivity (Wildman–Crippen MR) is 84.5 cm³/mol. The number of nitrogens with two attached hydrogens (primary N) is 1. The number of rotatable bonds is 5. The van der Waals surface area contributed by atoms with Gasteiger partial charge >= 0.3 is 0 Å². The number of thioether (sulfide) groups is 1. The molecule has 1 aliphatic heterocycles. The third-order valence-electron chi connectivity index (χ3n) is 3.19. The highest BCUT2D eigenvalue weighted by atomic mass is 32.2. The van der Waals surface area contributed by atoms with E-state index in [0.29, 0.717) is 6.54 Å². The molecule has 0 bridgehead atoms. The fourth-order valence-corrected chi connectivity index (χ4v) is 3.19. The number of halogens is 2. The van der Waals surface area contributed by atoms with Crippen molar-refractivity contribution in [1.82, 2.24) is 4.90 Å². The summed E-state index contributed by atoms with van der Waals surface area (Å²) in [5.41, 5.74) is 5.41. The molecule has 0 aliphatic carbocycles.